The number of rotatable bonds is 4. The zero-order valence-corrected chi connectivity index (χ0v) is 13.5. The van der Waals surface area contributed by atoms with Gasteiger partial charge in [0.25, 0.3) is 0 Å². The number of ether oxygens (including phenoxy) is 2. The molecule has 116 valence electrons. The number of carbonyl (C=O) groups is 1. The number of hydrogen-bond donors (Lipinski definition) is 0. The summed E-state index contributed by atoms with van der Waals surface area (Å²) in [6.07, 6.45) is 4.72. The molecule has 0 bridgehead atoms. The number of ketones is 1. The molecule has 1 saturated carbocycles. The zero-order chi connectivity index (χ0) is 14.8. The van der Waals surface area contributed by atoms with Crippen molar-refractivity contribution >= 4 is 5.78 Å². The lowest BCUT2D eigenvalue weighted by Crippen LogP contribution is -2.39. The second-order valence-corrected chi connectivity index (χ2v) is 7.67. The molecule has 0 radical (unpaired) electrons. The van der Waals surface area contributed by atoms with Crippen molar-refractivity contribution in [2.45, 2.75) is 66.1 Å². The van der Waals surface area contributed by atoms with Gasteiger partial charge in [0.05, 0.1) is 13.2 Å². The highest BCUT2D eigenvalue weighted by molar-refractivity contribution is 5.82. The number of Topliss-reactive ketones (excluding diaryl/α,β-unsaturated/α-hetero) is 1. The molecule has 0 aromatic heterocycles. The van der Waals surface area contributed by atoms with E-state index >= 15 is 0 Å². The lowest BCUT2D eigenvalue weighted by Gasteiger charge is -2.37. The largest absolute Gasteiger partial charge is 0.352 e. The predicted molar refractivity (Wildman–Crippen MR) is 79.4 cm³/mol. The molecule has 2 atom stereocenters. The third-order valence-corrected chi connectivity index (χ3v) is 4.78. The van der Waals surface area contributed by atoms with Gasteiger partial charge in [-0.3, -0.25) is 4.79 Å². The van der Waals surface area contributed by atoms with Gasteiger partial charge in [0.1, 0.15) is 5.78 Å². The smallest absolute Gasteiger partial charge is 0.157 e. The topological polar surface area (TPSA) is 35.5 Å². The molecule has 0 aromatic rings. The Balaban J connectivity index is 1.84. The Kier molecular flexibility index (Phi) is 5.25. The van der Waals surface area contributed by atoms with Gasteiger partial charge in [0, 0.05) is 17.8 Å². The molecule has 3 nitrogen and oxygen atoms in total. The normalized spacial score (nSPS) is 31.8. The molecule has 0 spiro atoms. The maximum atomic E-state index is 12.2. The van der Waals surface area contributed by atoms with Gasteiger partial charge in [-0.05, 0) is 37.5 Å². The van der Waals surface area contributed by atoms with Gasteiger partial charge in [0.15, 0.2) is 6.29 Å². The Hall–Kier alpha value is -0.410. The molecule has 1 saturated heterocycles. The van der Waals surface area contributed by atoms with Crippen molar-refractivity contribution in [2.24, 2.45) is 23.2 Å². The molecule has 0 unspecified atom stereocenters. The van der Waals surface area contributed by atoms with Crippen molar-refractivity contribution in [1.82, 2.24) is 0 Å². The average Bonchev–Trinajstić information content (AvgIpc) is 2.38. The monoisotopic (exact) mass is 282 g/mol. The summed E-state index contributed by atoms with van der Waals surface area (Å²) < 4.78 is 11.6. The Morgan fingerprint density at radius 2 is 1.85 bits per heavy atom. The van der Waals surface area contributed by atoms with Crippen LogP contribution in [0.3, 0.4) is 0 Å². The van der Waals surface area contributed by atoms with E-state index in [0.717, 1.165) is 38.9 Å². The van der Waals surface area contributed by atoms with Crippen LogP contribution < -0.4 is 0 Å². The molecule has 3 heteroatoms. The number of hydrogen-bond acceptors (Lipinski definition) is 3. The maximum Gasteiger partial charge on any atom is 0.157 e. The molecule has 2 fully saturated rings. The molecule has 1 heterocycles. The molecule has 0 N–H and O–H groups in total. The van der Waals surface area contributed by atoms with Crippen LogP contribution in [0.1, 0.15) is 59.8 Å². The van der Waals surface area contributed by atoms with E-state index in [1.54, 1.807) is 0 Å². The summed E-state index contributed by atoms with van der Waals surface area (Å²) in [5.74, 6) is 1.84. The molecular weight excluding hydrogens is 252 g/mol. The Labute approximate surface area is 123 Å². The molecular formula is C17H30O3. The second kappa shape index (κ2) is 6.57. The zero-order valence-electron chi connectivity index (χ0n) is 13.5. The van der Waals surface area contributed by atoms with Gasteiger partial charge in [-0.25, -0.2) is 0 Å². The summed E-state index contributed by atoms with van der Waals surface area (Å²) in [5.41, 5.74) is 0.123. The van der Waals surface area contributed by atoms with Crippen LogP contribution in [0.4, 0.5) is 0 Å². The van der Waals surface area contributed by atoms with E-state index in [1.807, 2.05) is 0 Å². The van der Waals surface area contributed by atoms with Gasteiger partial charge < -0.3 is 9.47 Å². The fourth-order valence-corrected chi connectivity index (χ4v) is 3.52. The Morgan fingerprint density at radius 1 is 1.20 bits per heavy atom. The van der Waals surface area contributed by atoms with Crippen LogP contribution in [0.25, 0.3) is 0 Å². The van der Waals surface area contributed by atoms with E-state index < -0.39 is 0 Å². The first kappa shape index (κ1) is 16.0. The summed E-state index contributed by atoms with van der Waals surface area (Å²) in [6.45, 7) is 10.3. The minimum Gasteiger partial charge on any atom is -0.352 e. The molecule has 1 aliphatic carbocycles. The van der Waals surface area contributed by atoms with Gasteiger partial charge in [0.2, 0.25) is 0 Å². The SMILES string of the molecule is CC(C)[C@H]1CCCC(=O)[C@@H]1CCC1OCC(C)(C)CO1. The summed E-state index contributed by atoms with van der Waals surface area (Å²) in [7, 11) is 0. The van der Waals surface area contributed by atoms with E-state index in [9.17, 15) is 4.79 Å². The van der Waals surface area contributed by atoms with E-state index in [2.05, 4.69) is 27.7 Å². The van der Waals surface area contributed by atoms with Crippen LogP contribution in [-0.4, -0.2) is 25.3 Å². The first-order valence-electron chi connectivity index (χ1n) is 8.15. The van der Waals surface area contributed by atoms with E-state index in [0.29, 0.717) is 17.6 Å². The van der Waals surface area contributed by atoms with Crippen molar-refractivity contribution < 1.29 is 14.3 Å². The molecule has 2 aliphatic rings. The van der Waals surface area contributed by atoms with Crippen LogP contribution in [0.2, 0.25) is 0 Å². The molecule has 0 aromatic carbocycles. The minimum atomic E-state index is -0.106. The third-order valence-electron chi connectivity index (χ3n) is 4.78. The quantitative estimate of drug-likeness (QED) is 0.786. The lowest BCUT2D eigenvalue weighted by molar-refractivity contribution is -0.225. The standard InChI is InChI=1S/C17H30O3/c1-12(2)13-6-5-7-15(18)14(13)8-9-16-19-10-17(3,4)11-20-16/h12-14,16H,5-11H2,1-4H3/t13-,14-/m1/s1. The molecule has 1 aliphatic heterocycles. The Bertz CT molecular complexity index is 325. The van der Waals surface area contributed by atoms with Crippen molar-refractivity contribution in [2.75, 3.05) is 13.2 Å². The van der Waals surface area contributed by atoms with Gasteiger partial charge >= 0.3 is 0 Å². The van der Waals surface area contributed by atoms with Crippen molar-refractivity contribution in [3.05, 3.63) is 0 Å². The van der Waals surface area contributed by atoms with Gasteiger partial charge in [-0.15, -0.1) is 0 Å². The van der Waals surface area contributed by atoms with Crippen LogP contribution in [0, 0.1) is 23.2 Å². The number of carbonyl (C=O) groups excluding carboxylic acids is 1. The molecule has 20 heavy (non-hydrogen) atoms. The third kappa shape index (κ3) is 4.05. The summed E-state index contributed by atoms with van der Waals surface area (Å²) in [5, 5.41) is 0. The summed E-state index contributed by atoms with van der Waals surface area (Å²) in [4.78, 5) is 12.2. The maximum absolute atomic E-state index is 12.2. The van der Waals surface area contributed by atoms with Crippen LogP contribution in [-0.2, 0) is 14.3 Å². The van der Waals surface area contributed by atoms with Crippen molar-refractivity contribution in [3.63, 3.8) is 0 Å². The predicted octanol–water partition coefficient (Wildman–Crippen LogP) is 3.81. The van der Waals surface area contributed by atoms with Crippen LogP contribution in [0.5, 0.6) is 0 Å². The van der Waals surface area contributed by atoms with E-state index in [4.69, 9.17) is 9.47 Å². The highest BCUT2D eigenvalue weighted by atomic mass is 16.7. The highest BCUT2D eigenvalue weighted by Gasteiger charge is 2.35. The molecule has 2 rings (SSSR count). The van der Waals surface area contributed by atoms with Gasteiger partial charge in [-0.2, -0.15) is 0 Å². The minimum absolute atomic E-state index is 0.106. The van der Waals surface area contributed by atoms with Crippen LogP contribution in [0.15, 0.2) is 0 Å². The fraction of sp³-hybridized carbons (Fsp3) is 0.941. The molecule has 0 amide bonds. The van der Waals surface area contributed by atoms with Crippen molar-refractivity contribution in [1.29, 1.82) is 0 Å². The lowest BCUT2D eigenvalue weighted by atomic mass is 9.71. The Morgan fingerprint density at radius 3 is 2.45 bits per heavy atom. The van der Waals surface area contributed by atoms with Crippen LogP contribution >= 0.6 is 0 Å². The van der Waals surface area contributed by atoms with Crippen molar-refractivity contribution in [3.8, 4) is 0 Å². The van der Waals surface area contributed by atoms with E-state index in [-0.39, 0.29) is 17.6 Å². The first-order valence-corrected chi connectivity index (χ1v) is 8.15. The first-order chi connectivity index (χ1) is 9.39. The highest BCUT2D eigenvalue weighted by Crippen LogP contribution is 2.36. The van der Waals surface area contributed by atoms with Gasteiger partial charge in [-0.1, -0.05) is 27.7 Å². The average molecular weight is 282 g/mol. The fourth-order valence-electron chi connectivity index (χ4n) is 3.52. The van der Waals surface area contributed by atoms with E-state index in [1.165, 1.54) is 6.42 Å². The second-order valence-electron chi connectivity index (χ2n) is 7.67. The summed E-state index contributed by atoms with van der Waals surface area (Å²) in [6, 6.07) is 0. The summed E-state index contributed by atoms with van der Waals surface area (Å²) >= 11 is 0.